The third-order valence-electron chi connectivity index (χ3n) is 2.57. The second kappa shape index (κ2) is 5.58. The Hall–Kier alpha value is -1.95. The van der Waals surface area contributed by atoms with Crippen LogP contribution in [0.25, 0.3) is 0 Å². The van der Waals surface area contributed by atoms with Gasteiger partial charge < -0.3 is 14.9 Å². The summed E-state index contributed by atoms with van der Waals surface area (Å²) in [4.78, 5) is 28.8. The fraction of sp³-hybridized carbons (Fsp3) is 0.385. The summed E-state index contributed by atoms with van der Waals surface area (Å²) < 4.78 is 5.43. The number of nitrogens with zero attached hydrogens (tertiary/aromatic N) is 1. The molecule has 20 heavy (non-hydrogen) atoms. The van der Waals surface area contributed by atoms with Crippen LogP contribution in [0.1, 0.15) is 20.8 Å². The predicted octanol–water partition coefficient (Wildman–Crippen LogP) is 2.50. The van der Waals surface area contributed by atoms with Gasteiger partial charge in [-0.3, -0.25) is 4.79 Å². The molecule has 2 rings (SSSR count). The Balaban J connectivity index is 2.29. The Bertz CT molecular complexity index is 547. The van der Waals surface area contributed by atoms with Gasteiger partial charge in [0.05, 0.1) is 0 Å². The van der Waals surface area contributed by atoms with E-state index in [-0.39, 0.29) is 6.04 Å². The number of carbonyl (C=O) groups excluding carboxylic acids is 2. The summed E-state index contributed by atoms with van der Waals surface area (Å²) in [5.74, 6) is -0.0440. The Morgan fingerprint density at radius 2 is 2.20 bits per heavy atom. The van der Waals surface area contributed by atoms with Crippen molar-refractivity contribution in [1.82, 2.24) is 5.32 Å². The predicted molar refractivity (Wildman–Crippen MR) is 73.8 cm³/mol. The lowest BCUT2D eigenvalue weighted by atomic mass is 10.2. The first-order chi connectivity index (χ1) is 9.38. The number of amides is 2. The van der Waals surface area contributed by atoms with Gasteiger partial charge in [0.25, 0.3) is 0 Å². The summed E-state index contributed by atoms with van der Waals surface area (Å²) in [5.41, 5.74) is 0.305. The molecule has 1 aliphatic heterocycles. The number of carbonyl (C=O) groups is 2. The molecule has 0 fully saturated rings. The second-order valence-corrected chi connectivity index (χ2v) is 5.12. The molecule has 0 saturated carbocycles. The fourth-order valence-corrected chi connectivity index (χ4v) is 1.88. The van der Waals surface area contributed by atoms with E-state index in [0.29, 0.717) is 16.5 Å². The van der Waals surface area contributed by atoms with Gasteiger partial charge in [0, 0.05) is 11.1 Å². The number of ether oxygens (including phenoxy) is 1. The maximum absolute atomic E-state index is 12.1. The van der Waals surface area contributed by atoms with Crippen molar-refractivity contribution < 1.29 is 19.2 Å². The molecular formula is C13H15ClN2O4. The van der Waals surface area contributed by atoms with Crippen LogP contribution in [0.2, 0.25) is 5.02 Å². The average molecular weight is 299 g/mol. The normalized spacial score (nSPS) is 17.6. The van der Waals surface area contributed by atoms with Crippen molar-refractivity contribution in [3.63, 3.8) is 0 Å². The average Bonchev–Trinajstić information content (AvgIpc) is 2.35. The summed E-state index contributed by atoms with van der Waals surface area (Å²) >= 11 is 5.90. The maximum Gasteiger partial charge on any atom is 0.432 e. The minimum absolute atomic E-state index is 0.102. The third kappa shape index (κ3) is 2.96. The molecule has 1 unspecified atom stereocenters. The van der Waals surface area contributed by atoms with E-state index in [9.17, 15) is 9.59 Å². The lowest BCUT2D eigenvalue weighted by Gasteiger charge is -2.31. The minimum Gasteiger partial charge on any atom is -0.478 e. The first-order valence-corrected chi connectivity index (χ1v) is 6.55. The number of halogens is 1. The molecule has 7 heteroatoms. The zero-order valence-electron chi connectivity index (χ0n) is 11.3. The SMILES string of the molecule is CC(C)NC(=O)ON1C(=O)C(C)Oc2ccc(Cl)cc21. The molecule has 0 saturated heterocycles. The molecule has 1 aliphatic rings. The standard InChI is InChI=1S/C13H15ClN2O4/c1-7(2)15-13(18)20-16-10-6-9(14)4-5-11(10)19-8(3)12(16)17/h4-8H,1-3H3,(H,15,18). The number of nitrogens with one attached hydrogen (secondary N) is 1. The molecular weight excluding hydrogens is 284 g/mol. The Labute approximate surface area is 121 Å². The van der Waals surface area contributed by atoms with E-state index in [2.05, 4.69) is 5.32 Å². The smallest absolute Gasteiger partial charge is 0.432 e. The van der Waals surface area contributed by atoms with Gasteiger partial charge in [-0.05, 0) is 39.0 Å². The van der Waals surface area contributed by atoms with Crippen molar-refractivity contribution >= 4 is 29.3 Å². The van der Waals surface area contributed by atoms with Crippen molar-refractivity contribution in [3.8, 4) is 5.75 Å². The van der Waals surface area contributed by atoms with Gasteiger partial charge in [0.15, 0.2) is 6.10 Å². The summed E-state index contributed by atoms with van der Waals surface area (Å²) in [7, 11) is 0. The largest absolute Gasteiger partial charge is 0.478 e. The summed E-state index contributed by atoms with van der Waals surface area (Å²) in [6.07, 6.45) is -1.45. The first-order valence-electron chi connectivity index (χ1n) is 6.17. The van der Waals surface area contributed by atoms with E-state index in [1.165, 1.54) is 6.07 Å². The van der Waals surface area contributed by atoms with Gasteiger partial charge in [-0.2, -0.15) is 0 Å². The lowest BCUT2D eigenvalue weighted by molar-refractivity contribution is -0.131. The van der Waals surface area contributed by atoms with E-state index < -0.39 is 18.1 Å². The molecule has 0 bridgehead atoms. The molecule has 1 aromatic carbocycles. The zero-order chi connectivity index (χ0) is 14.9. The number of hydrogen-bond donors (Lipinski definition) is 1. The van der Waals surface area contributed by atoms with Gasteiger partial charge in [-0.25, -0.2) is 4.79 Å². The molecule has 0 aromatic heterocycles. The van der Waals surface area contributed by atoms with Crippen LogP contribution in [0.3, 0.4) is 0 Å². The van der Waals surface area contributed by atoms with Crippen molar-refractivity contribution in [2.24, 2.45) is 0 Å². The van der Waals surface area contributed by atoms with Crippen LogP contribution in [0.5, 0.6) is 5.75 Å². The number of rotatable bonds is 2. The number of anilines is 1. The Morgan fingerprint density at radius 1 is 1.50 bits per heavy atom. The number of hydrogen-bond acceptors (Lipinski definition) is 4. The highest BCUT2D eigenvalue weighted by Gasteiger charge is 2.35. The van der Waals surface area contributed by atoms with Gasteiger partial charge in [-0.15, -0.1) is 5.06 Å². The molecule has 108 valence electrons. The minimum atomic E-state index is -0.740. The number of fused-ring (bicyclic) bond motifs is 1. The number of hydroxylamine groups is 1. The quantitative estimate of drug-likeness (QED) is 0.911. The van der Waals surface area contributed by atoms with Crippen LogP contribution < -0.4 is 15.1 Å². The van der Waals surface area contributed by atoms with Gasteiger partial charge in [-0.1, -0.05) is 11.6 Å². The van der Waals surface area contributed by atoms with Crippen LogP contribution in [0, 0.1) is 0 Å². The van der Waals surface area contributed by atoms with E-state index in [1.54, 1.807) is 32.9 Å². The Kier molecular flexibility index (Phi) is 4.04. The summed E-state index contributed by atoms with van der Waals surface area (Å²) in [5, 5.41) is 3.86. The molecule has 0 aliphatic carbocycles. The highest BCUT2D eigenvalue weighted by Crippen LogP contribution is 2.36. The first kappa shape index (κ1) is 14.5. The molecule has 2 amide bonds. The van der Waals surface area contributed by atoms with Crippen LogP contribution >= 0.6 is 11.6 Å². The van der Waals surface area contributed by atoms with Crippen LogP contribution in [0.15, 0.2) is 18.2 Å². The van der Waals surface area contributed by atoms with E-state index >= 15 is 0 Å². The second-order valence-electron chi connectivity index (χ2n) is 4.68. The molecule has 1 atom stereocenters. The van der Waals surface area contributed by atoms with Crippen molar-refractivity contribution in [3.05, 3.63) is 23.2 Å². The van der Waals surface area contributed by atoms with Crippen LogP contribution in [0.4, 0.5) is 10.5 Å². The van der Waals surface area contributed by atoms with Crippen LogP contribution in [-0.2, 0) is 9.63 Å². The molecule has 6 nitrogen and oxygen atoms in total. The lowest BCUT2D eigenvalue weighted by Crippen LogP contribution is -2.47. The monoisotopic (exact) mass is 298 g/mol. The fourth-order valence-electron chi connectivity index (χ4n) is 1.71. The molecule has 0 spiro atoms. The topological polar surface area (TPSA) is 67.9 Å². The third-order valence-corrected chi connectivity index (χ3v) is 2.81. The molecule has 1 N–H and O–H groups in total. The van der Waals surface area contributed by atoms with Crippen molar-refractivity contribution in [2.75, 3.05) is 5.06 Å². The van der Waals surface area contributed by atoms with E-state index in [1.807, 2.05) is 0 Å². The number of benzene rings is 1. The summed E-state index contributed by atoms with van der Waals surface area (Å²) in [6, 6.07) is 4.66. The van der Waals surface area contributed by atoms with E-state index in [4.69, 9.17) is 21.2 Å². The van der Waals surface area contributed by atoms with Gasteiger partial charge in [0.2, 0.25) is 0 Å². The van der Waals surface area contributed by atoms with E-state index in [0.717, 1.165) is 5.06 Å². The molecule has 1 aromatic rings. The summed E-state index contributed by atoms with van der Waals surface area (Å²) in [6.45, 7) is 5.16. The molecule has 1 heterocycles. The van der Waals surface area contributed by atoms with Crippen molar-refractivity contribution in [1.29, 1.82) is 0 Å². The Morgan fingerprint density at radius 3 is 2.85 bits per heavy atom. The highest BCUT2D eigenvalue weighted by atomic mass is 35.5. The highest BCUT2D eigenvalue weighted by molar-refractivity contribution is 6.31. The van der Waals surface area contributed by atoms with Gasteiger partial charge >= 0.3 is 12.0 Å². The molecule has 0 radical (unpaired) electrons. The van der Waals surface area contributed by atoms with Crippen molar-refractivity contribution in [2.45, 2.75) is 32.9 Å². The van der Waals surface area contributed by atoms with Crippen LogP contribution in [-0.4, -0.2) is 24.1 Å². The zero-order valence-corrected chi connectivity index (χ0v) is 12.1. The van der Waals surface area contributed by atoms with Gasteiger partial charge in [0.1, 0.15) is 11.4 Å². The maximum atomic E-state index is 12.1.